The molecule has 1 aromatic rings. The third-order valence-corrected chi connectivity index (χ3v) is 2.40. The number of nitrogens with one attached hydrogen (secondary N) is 1. The van der Waals surface area contributed by atoms with E-state index in [1.807, 2.05) is 13.8 Å². The highest BCUT2D eigenvalue weighted by Crippen LogP contribution is 2.24. The molecule has 18 heavy (non-hydrogen) atoms. The maximum atomic E-state index is 12.0. The zero-order valence-electron chi connectivity index (χ0n) is 10.4. The zero-order chi connectivity index (χ0) is 13.6. The Kier molecular flexibility index (Phi) is 5.40. The predicted molar refractivity (Wildman–Crippen MR) is 62.5 cm³/mol. The van der Waals surface area contributed by atoms with Gasteiger partial charge in [0, 0.05) is 17.8 Å². The maximum Gasteiger partial charge on any atom is 0.392 e. The molecule has 0 fully saturated rings. The van der Waals surface area contributed by atoms with Gasteiger partial charge in [-0.15, -0.1) is 0 Å². The first-order valence-corrected chi connectivity index (χ1v) is 5.82. The summed E-state index contributed by atoms with van der Waals surface area (Å²) < 4.78 is 41.2. The van der Waals surface area contributed by atoms with Crippen LogP contribution in [0.4, 0.5) is 13.2 Å². The second-order valence-corrected chi connectivity index (χ2v) is 3.89. The molecule has 1 heterocycles. The van der Waals surface area contributed by atoms with Crippen LogP contribution in [0.5, 0.6) is 5.88 Å². The zero-order valence-corrected chi connectivity index (χ0v) is 10.4. The lowest BCUT2D eigenvalue weighted by atomic mass is 10.1. The van der Waals surface area contributed by atoms with Crippen molar-refractivity contribution in [2.45, 2.75) is 32.5 Å². The van der Waals surface area contributed by atoms with Crippen molar-refractivity contribution in [1.29, 1.82) is 0 Å². The highest BCUT2D eigenvalue weighted by Gasteiger charge is 2.27. The number of alkyl halides is 3. The van der Waals surface area contributed by atoms with E-state index in [4.69, 9.17) is 4.74 Å². The van der Waals surface area contributed by atoms with Crippen molar-refractivity contribution in [2.75, 3.05) is 13.2 Å². The molecule has 0 aliphatic rings. The first kappa shape index (κ1) is 14.8. The monoisotopic (exact) mass is 262 g/mol. The molecular weight excluding hydrogens is 245 g/mol. The van der Waals surface area contributed by atoms with E-state index in [2.05, 4.69) is 10.3 Å². The van der Waals surface area contributed by atoms with Crippen molar-refractivity contribution in [1.82, 2.24) is 10.3 Å². The summed E-state index contributed by atoms with van der Waals surface area (Å²) in [5.41, 5.74) is 0.765. The fraction of sp³-hybridized carbons (Fsp3) is 0.583. The number of pyridine rings is 1. The minimum absolute atomic E-state index is 0.00964. The van der Waals surface area contributed by atoms with E-state index in [1.165, 1.54) is 6.20 Å². The Morgan fingerprint density at radius 2 is 2.17 bits per heavy atom. The summed E-state index contributed by atoms with van der Waals surface area (Å²) in [6.07, 6.45) is -3.67. The Hall–Kier alpha value is -1.30. The highest BCUT2D eigenvalue weighted by atomic mass is 19.4. The molecule has 1 N–H and O–H groups in total. The first-order valence-electron chi connectivity index (χ1n) is 5.82. The number of halogens is 3. The van der Waals surface area contributed by atoms with Crippen LogP contribution >= 0.6 is 0 Å². The standard InChI is InChI=1S/C12H17F3N2O/c1-3-16-9(2)10-5-4-7-17-11(10)18-8-6-12(13,14)15/h4-5,7,9,16H,3,6,8H2,1-2H3. The van der Waals surface area contributed by atoms with E-state index in [-0.39, 0.29) is 11.9 Å². The molecular formula is C12H17F3N2O. The Morgan fingerprint density at radius 3 is 2.78 bits per heavy atom. The van der Waals surface area contributed by atoms with Gasteiger partial charge in [0.1, 0.15) is 0 Å². The van der Waals surface area contributed by atoms with Crippen LogP contribution in [0.2, 0.25) is 0 Å². The summed E-state index contributed by atoms with van der Waals surface area (Å²) in [5, 5.41) is 3.17. The molecule has 1 rings (SSSR count). The number of hydrogen-bond donors (Lipinski definition) is 1. The van der Waals surface area contributed by atoms with Crippen LogP contribution in [0, 0.1) is 0 Å². The van der Waals surface area contributed by atoms with Gasteiger partial charge in [0.15, 0.2) is 0 Å². The normalized spacial score (nSPS) is 13.4. The summed E-state index contributed by atoms with van der Waals surface area (Å²) in [6.45, 7) is 4.22. The molecule has 102 valence electrons. The van der Waals surface area contributed by atoms with Gasteiger partial charge < -0.3 is 10.1 Å². The minimum Gasteiger partial charge on any atom is -0.477 e. The number of hydrogen-bond acceptors (Lipinski definition) is 3. The smallest absolute Gasteiger partial charge is 0.392 e. The van der Waals surface area contributed by atoms with Crippen molar-refractivity contribution in [3.8, 4) is 5.88 Å². The molecule has 0 spiro atoms. The van der Waals surface area contributed by atoms with Crippen LogP contribution in [0.3, 0.4) is 0 Å². The molecule has 0 saturated carbocycles. The number of rotatable bonds is 6. The Balaban J connectivity index is 2.64. The van der Waals surface area contributed by atoms with Gasteiger partial charge in [-0.05, 0) is 19.5 Å². The van der Waals surface area contributed by atoms with E-state index in [1.54, 1.807) is 12.1 Å². The van der Waals surface area contributed by atoms with Crippen molar-refractivity contribution < 1.29 is 17.9 Å². The molecule has 0 saturated heterocycles. The van der Waals surface area contributed by atoms with E-state index in [9.17, 15) is 13.2 Å². The average Bonchev–Trinajstić information content (AvgIpc) is 2.28. The lowest BCUT2D eigenvalue weighted by Crippen LogP contribution is -2.20. The third-order valence-electron chi connectivity index (χ3n) is 2.40. The number of ether oxygens (including phenoxy) is 1. The Bertz CT molecular complexity index is 369. The summed E-state index contributed by atoms with van der Waals surface area (Å²) in [5.74, 6) is 0.259. The Morgan fingerprint density at radius 1 is 1.44 bits per heavy atom. The molecule has 0 radical (unpaired) electrons. The fourth-order valence-electron chi connectivity index (χ4n) is 1.53. The highest BCUT2D eigenvalue weighted by molar-refractivity contribution is 5.28. The Labute approximate surface area is 104 Å². The molecule has 0 bridgehead atoms. The van der Waals surface area contributed by atoms with E-state index < -0.39 is 19.2 Å². The molecule has 0 amide bonds. The van der Waals surface area contributed by atoms with Crippen LogP contribution < -0.4 is 10.1 Å². The van der Waals surface area contributed by atoms with Crippen LogP contribution in [0.15, 0.2) is 18.3 Å². The van der Waals surface area contributed by atoms with Gasteiger partial charge in [-0.1, -0.05) is 13.0 Å². The van der Waals surface area contributed by atoms with Crippen LogP contribution in [0.1, 0.15) is 31.9 Å². The lowest BCUT2D eigenvalue weighted by Gasteiger charge is -2.16. The molecule has 0 aliphatic heterocycles. The van der Waals surface area contributed by atoms with Crippen molar-refractivity contribution in [3.63, 3.8) is 0 Å². The molecule has 1 aromatic heterocycles. The van der Waals surface area contributed by atoms with E-state index >= 15 is 0 Å². The molecule has 1 unspecified atom stereocenters. The van der Waals surface area contributed by atoms with Gasteiger partial charge in [0.05, 0.1) is 13.0 Å². The number of aromatic nitrogens is 1. The van der Waals surface area contributed by atoms with Crippen molar-refractivity contribution in [2.24, 2.45) is 0 Å². The number of nitrogens with zero attached hydrogens (tertiary/aromatic N) is 1. The third kappa shape index (κ3) is 4.91. The SMILES string of the molecule is CCNC(C)c1cccnc1OCCC(F)(F)F. The molecule has 3 nitrogen and oxygen atoms in total. The minimum atomic E-state index is -4.21. The second kappa shape index (κ2) is 6.58. The second-order valence-electron chi connectivity index (χ2n) is 3.89. The molecule has 0 aromatic carbocycles. The largest absolute Gasteiger partial charge is 0.477 e. The fourth-order valence-corrected chi connectivity index (χ4v) is 1.53. The van der Waals surface area contributed by atoms with Crippen molar-refractivity contribution >= 4 is 0 Å². The van der Waals surface area contributed by atoms with Gasteiger partial charge in [0.25, 0.3) is 0 Å². The average molecular weight is 262 g/mol. The van der Waals surface area contributed by atoms with E-state index in [0.717, 1.165) is 12.1 Å². The first-order chi connectivity index (χ1) is 8.44. The summed E-state index contributed by atoms with van der Waals surface area (Å²) in [4.78, 5) is 3.97. The van der Waals surface area contributed by atoms with Crippen LogP contribution in [0.25, 0.3) is 0 Å². The summed E-state index contributed by atoms with van der Waals surface area (Å²) in [6, 6.07) is 3.52. The lowest BCUT2D eigenvalue weighted by molar-refractivity contribution is -0.139. The molecule has 0 aliphatic carbocycles. The van der Waals surface area contributed by atoms with Gasteiger partial charge >= 0.3 is 6.18 Å². The van der Waals surface area contributed by atoms with Gasteiger partial charge in [-0.2, -0.15) is 13.2 Å². The quantitative estimate of drug-likeness (QED) is 0.855. The predicted octanol–water partition coefficient (Wildman–Crippen LogP) is 3.08. The van der Waals surface area contributed by atoms with Crippen molar-refractivity contribution in [3.05, 3.63) is 23.9 Å². The van der Waals surface area contributed by atoms with Gasteiger partial charge in [0.2, 0.25) is 5.88 Å². The van der Waals surface area contributed by atoms with Crippen LogP contribution in [-0.2, 0) is 0 Å². The van der Waals surface area contributed by atoms with E-state index in [0.29, 0.717) is 0 Å². The summed E-state index contributed by atoms with van der Waals surface area (Å²) in [7, 11) is 0. The van der Waals surface area contributed by atoms with Gasteiger partial charge in [-0.3, -0.25) is 0 Å². The molecule has 1 atom stereocenters. The topological polar surface area (TPSA) is 34.2 Å². The summed E-state index contributed by atoms with van der Waals surface area (Å²) >= 11 is 0. The molecule has 6 heteroatoms. The maximum absolute atomic E-state index is 12.0. The van der Waals surface area contributed by atoms with Crippen LogP contribution in [-0.4, -0.2) is 24.3 Å². The van der Waals surface area contributed by atoms with Gasteiger partial charge in [-0.25, -0.2) is 4.98 Å².